The number of nitrogens with one attached hydrogen (secondary N) is 2. The van der Waals surface area contributed by atoms with Crippen LogP contribution in [-0.2, 0) is 6.54 Å². The number of hydrogen-bond donors (Lipinski definition) is 2. The summed E-state index contributed by atoms with van der Waals surface area (Å²) in [5.41, 5.74) is 0. The minimum atomic E-state index is 0.0713. The van der Waals surface area contributed by atoms with Gasteiger partial charge in [0.2, 0.25) is 5.89 Å². The molecule has 92 valence electrons. The first-order valence-corrected chi connectivity index (χ1v) is 6.30. The van der Waals surface area contributed by atoms with Crippen molar-refractivity contribution in [3.63, 3.8) is 0 Å². The highest BCUT2D eigenvalue weighted by molar-refractivity contribution is 7.11. The van der Waals surface area contributed by atoms with Crippen LogP contribution in [0.5, 0.6) is 0 Å². The van der Waals surface area contributed by atoms with Crippen LogP contribution in [0.1, 0.15) is 28.6 Å². The molecule has 0 amide bonds. The van der Waals surface area contributed by atoms with Crippen molar-refractivity contribution in [3.05, 3.63) is 27.8 Å². The monoisotopic (exact) mass is 252 g/mol. The Balaban J connectivity index is 1.93. The Kier molecular flexibility index (Phi) is 3.75. The summed E-state index contributed by atoms with van der Waals surface area (Å²) >= 11 is 1.76. The molecule has 0 aliphatic carbocycles. The first-order valence-electron chi connectivity index (χ1n) is 5.49. The van der Waals surface area contributed by atoms with E-state index >= 15 is 0 Å². The summed E-state index contributed by atoms with van der Waals surface area (Å²) in [6.45, 7) is 4.78. The molecule has 0 radical (unpaired) electrons. The van der Waals surface area contributed by atoms with E-state index in [4.69, 9.17) is 4.42 Å². The Morgan fingerprint density at radius 1 is 1.41 bits per heavy atom. The molecule has 0 saturated carbocycles. The number of aryl methyl sites for hydroxylation is 1. The van der Waals surface area contributed by atoms with Crippen LogP contribution in [-0.4, -0.2) is 17.2 Å². The van der Waals surface area contributed by atoms with E-state index < -0.39 is 0 Å². The van der Waals surface area contributed by atoms with E-state index in [1.807, 2.05) is 14.0 Å². The van der Waals surface area contributed by atoms with Gasteiger partial charge in [-0.05, 0) is 33.0 Å². The van der Waals surface area contributed by atoms with Crippen LogP contribution >= 0.6 is 11.3 Å². The number of thiophene rings is 1. The molecule has 2 aromatic heterocycles. The Bertz CT molecular complexity index is 479. The highest BCUT2D eigenvalue weighted by atomic mass is 32.1. The minimum absolute atomic E-state index is 0.0713. The lowest BCUT2D eigenvalue weighted by Gasteiger charge is -2.02. The average molecular weight is 252 g/mol. The lowest BCUT2D eigenvalue weighted by atomic mass is 10.3. The van der Waals surface area contributed by atoms with Gasteiger partial charge in [-0.3, -0.25) is 0 Å². The summed E-state index contributed by atoms with van der Waals surface area (Å²) in [4.78, 5) is 2.56. The third kappa shape index (κ3) is 3.04. The molecule has 0 saturated heterocycles. The van der Waals surface area contributed by atoms with Crippen LogP contribution in [0.2, 0.25) is 0 Å². The third-order valence-electron chi connectivity index (χ3n) is 2.45. The van der Waals surface area contributed by atoms with Gasteiger partial charge in [0, 0.05) is 9.75 Å². The smallest absolute Gasteiger partial charge is 0.315 e. The molecule has 6 heteroatoms. The van der Waals surface area contributed by atoms with Crippen molar-refractivity contribution in [3.8, 4) is 0 Å². The van der Waals surface area contributed by atoms with Gasteiger partial charge in [-0.25, -0.2) is 0 Å². The molecule has 0 aliphatic heterocycles. The first-order chi connectivity index (χ1) is 8.19. The number of anilines is 1. The van der Waals surface area contributed by atoms with Crippen molar-refractivity contribution >= 4 is 17.4 Å². The summed E-state index contributed by atoms with van der Waals surface area (Å²) < 4.78 is 5.47. The van der Waals surface area contributed by atoms with Crippen LogP contribution in [0.3, 0.4) is 0 Å². The Morgan fingerprint density at radius 2 is 2.24 bits per heavy atom. The normalized spacial score (nSPS) is 12.6. The fourth-order valence-electron chi connectivity index (χ4n) is 1.35. The van der Waals surface area contributed by atoms with Crippen LogP contribution in [0.25, 0.3) is 0 Å². The van der Waals surface area contributed by atoms with Crippen molar-refractivity contribution in [2.45, 2.75) is 26.4 Å². The van der Waals surface area contributed by atoms with Gasteiger partial charge in [0.1, 0.15) is 0 Å². The SMILES string of the molecule is CNC(C)c1nnc(NCc2ccc(C)s2)o1. The molecule has 0 aromatic carbocycles. The van der Waals surface area contributed by atoms with Crippen LogP contribution in [0.15, 0.2) is 16.5 Å². The molecule has 0 bridgehead atoms. The molecule has 2 heterocycles. The standard InChI is InChI=1S/C11H16N4OS/c1-7-4-5-9(17-7)6-13-11-15-14-10(16-11)8(2)12-3/h4-5,8,12H,6H2,1-3H3,(H,13,15). The molecule has 0 spiro atoms. The second kappa shape index (κ2) is 5.29. The van der Waals surface area contributed by atoms with Crippen molar-refractivity contribution in [1.82, 2.24) is 15.5 Å². The van der Waals surface area contributed by atoms with Gasteiger partial charge in [-0.15, -0.1) is 16.4 Å². The molecule has 2 N–H and O–H groups in total. The number of hydrogen-bond acceptors (Lipinski definition) is 6. The molecule has 2 rings (SSSR count). The molecule has 17 heavy (non-hydrogen) atoms. The second-order valence-corrected chi connectivity index (χ2v) is 5.19. The van der Waals surface area contributed by atoms with Gasteiger partial charge < -0.3 is 15.1 Å². The largest absolute Gasteiger partial charge is 0.406 e. The van der Waals surface area contributed by atoms with E-state index in [0.29, 0.717) is 18.5 Å². The van der Waals surface area contributed by atoms with Crippen LogP contribution in [0.4, 0.5) is 6.01 Å². The summed E-state index contributed by atoms with van der Waals surface area (Å²) in [5, 5.41) is 14.1. The quantitative estimate of drug-likeness (QED) is 0.855. The second-order valence-electron chi connectivity index (χ2n) is 3.82. The lowest BCUT2D eigenvalue weighted by molar-refractivity contribution is 0.441. The zero-order valence-corrected chi connectivity index (χ0v) is 11.0. The van der Waals surface area contributed by atoms with E-state index in [1.165, 1.54) is 9.75 Å². The van der Waals surface area contributed by atoms with Gasteiger partial charge in [0.05, 0.1) is 12.6 Å². The summed E-state index contributed by atoms with van der Waals surface area (Å²) in [6.07, 6.45) is 0. The van der Waals surface area contributed by atoms with Crippen molar-refractivity contribution < 1.29 is 4.42 Å². The minimum Gasteiger partial charge on any atom is -0.406 e. The van der Waals surface area contributed by atoms with Gasteiger partial charge in [0.15, 0.2) is 0 Å². The third-order valence-corrected chi connectivity index (χ3v) is 3.45. The summed E-state index contributed by atoms with van der Waals surface area (Å²) in [5.74, 6) is 0.595. The fourth-order valence-corrected chi connectivity index (χ4v) is 2.18. The fraction of sp³-hybridized carbons (Fsp3) is 0.455. The average Bonchev–Trinajstić information content (AvgIpc) is 2.94. The number of rotatable bonds is 5. The Labute approximate surface area is 104 Å². The van der Waals surface area contributed by atoms with Gasteiger partial charge in [0.25, 0.3) is 0 Å². The zero-order chi connectivity index (χ0) is 12.3. The molecule has 0 fully saturated rings. The maximum absolute atomic E-state index is 5.47. The maximum atomic E-state index is 5.47. The van der Waals surface area contributed by atoms with Crippen LogP contribution in [0, 0.1) is 6.92 Å². The van der Waals surface area contributed by atoms with E-state index in [-0.39, 0.29) is 6.04 Å². The molecule has 2 aromatic rings. The highest BCUT2D eigenvalue weighted by Gasteiger charge is 2.11. The Hall–Kier alpha value is -1.40. The van der Waals surface area contributed by atoms with Gasteiger partial charge in [-0.1, -0.05) is 5.10 Å². The molecule has 1 unspecified atom stereocenters. The van der Waals surface area contributed by atoms with E-state index in [2.05, 4.69) is 39.9 Å². The van der Waals surface area contributed by atoms with Crippen LogP contribution < -0.4 is 10.6 Å². The predicted octanol–water partition coefficient (Wildman–Crippen LogP) is 2.33. The first kappa shape index (κ1) is 12.1. The molecule has 5 nitrogen and oxygen atoms in total. The maximum Gasteiger partial charge on any atom is 0.315 e. The van der Waals surface area contributed by atoms with Crippen molar-refractivity contribution in [2.24, 2.45) is 0 Å². The molecular weight excluding hydrogens is 236 g/mol. The van der Waals surface area contributed by atoms with Crippen molar-refractivity contribution in [1.29, 1.82) is 0 Å². The van der Waals surface area contributed by atoms with Gasteiger partial charge in [-0.2, -0.15) is 0 Å². The highest BCUT2D eigenvalue weighted by Crippen LogP contribution is 2.17. The van der Waals surface area contributed by atoms with E-state index in [9.17, 15) is 0 Å². The van der Waals surface area contributed by atoms with E-state index in [0.717, 1.165) is 0 Å². The summed E-state index contributed by atoms with van der Waals surface area (Å²) in [6, 6.07) is 4.74. The topological polar surface area (TPSA) is 63.0 Å². The Morgan fingerprint density at radius 3 is 2.88 bits per heavy atom. The van der Waals surface area contributed by atoms with E-state index in [1.54, 1.807) is 11.3 Å². The van der Waals surface area contributed by atoms with Crippen molar-refractivity contribution in [2.75, 3.05) is 12.4 Å². The summed E-state index contributed by atoms with van der Waals surface area (Å²) in [7, 11) is 1.86. The predicted molar refractivity (Wildman–Crippen MR) is 68.2 cm³/mol. The van der Waals surface area contributed by atoms with Gasteiger partial charge >= 0.3 is 6.01 Å². The molecular formula is C11H16N4OS. The molecule has 1 atom stereocenters. The lowest BCUT2D eigenvalue weighted by Crippen LogP contribution is -2.12. The molecule has 0 aliphatic rings. The number of nitrogens with zero attached hydrogens (tertiary/aromatic N) is 2. The number of aromatic nitrogens is 2. The zero-order valence-electron chi connectivity index (χ0n) is 10.2.